The standard InChI is InChI=1S/C28H23ClN4S/c1-34-33-21-13-7-11-20(17-21)25-24-15-8-14-23(19-9-3-2-4-10-19)26(24)28(32-27(25)29)31-18-22-12-5-6-16-30-22/h2-17,33H,18H2,1H3,(H,31,32). The van der Waals surface area contributed by atoms with Gasteiger partial charge < -0.3 is 10.0 Å². The van der Waals surface area contributed by atoms with Crippen LogP contribution < -0.4 is 10.0 Å². The van der Waals surface area contributed by atoms with Crippen LogP contribution in [0.1, 0.15) is 5.69 Å². The van der Waals surface area contributed by atoms with Crippen LogP contribution in [0.2, 0.25) is 5.15 Å². The van der Waals surface area contributed by atoms with Crippen molar-refractivity contribution in [2.75, 3.05) is 16.3 Å². The number of halogens is 1. The van der Waals surface area contributed by atoms with Gasteiger partial charge in [-0.2, -0.15) is 0 Å². The minimum atomic E-state index is 0.461. The molecule has 0 spiro atoms. The van der Waals surface area contributed by atoms with Crippen LogP contribution in [0.5, 0.6) is 0 Å². The molecule has 0 saturated carbocycles. The summed E-state index contributed by atoms with van der Waals surface area (Å²) in [5.41, 5.74) is 6.12. The third-order valence-electron chi connectivity index (χ3n) is 5.61. The monoisotopic (exact) mass is 482 g/mol. The van der Waals surface area contributed by atoms with Crippen LogP contribution >= 0.6 is 23.5 Å². The van der Waals surface area contributed by atoms with E-state index in [-0.39, 0.29) is 0 Å². The van der Waals surface area contributed by atoms with Crippen LogP contribution in [0, 0.1) is 0 Å². The predicted octanol–water partition coefficient (Wildman–Crippen LogP) is 7.92. The van der Waals surface area contributed by atoms with E-state index in [1.54, 1.807) is 18.1 Å². The summed E-state index contributed by atoms with van der Waals surface area (Å²) in [6.45, 7) is 0.550. The minimum Gasteiger partial charge on any atom is -0.364 e. The molecule has 0 radical (unpaired) electrons. The molecule has 168 valence electrons. The summed E-state index contributed by atoms with van der Waals surface area (Å²) >= 11 is 8.42. The lowest BCUT2D eigenvalue weighted by atomic mass is 9.94. The van der Waals surface area contributed by atoms with Crippen LogP contribution in [0.4, 0.5) is 11.5 Å². The van der Waals surface area contributed by atoms with E-state index in [1.807, 2.05) is 42.7 Å². The van der Waals surface area contributed by atoms with Gasteiger partial charge in [-0.25, -0.2) is 4.98 Å². The summed E-state index contributed by atoms with van der Waals surface area (Å²) in [5, 5.41) is 6.03. The molecule has 5 rings (SSSR count). The number of hydrogen-bond donors (Lipinski definition) is 2. The Morgan fingerprint density at radius 2 is 1.65 bits per heavy atom. The quantitative estimate of drug-likeness (QED) is 0.182. The predicted molar refractivity (Wildman–Crippen MR) is 146 cm³/mol. The van der Waals surface area contributed by atoms with E-state index in [0.717, 1.165) is 50.2 Å². The lowest BCUT2D eigenvalue weighted by molar-refractivity contribution is 1.03. The number of hydrogen-bond acceptors (Lipinski definition) is 5. The first-order valence-electron chi connectivity index (χ1n) is 11.0. The fraction of sp³-hybridized carbons (Fsp3) is 0.0714. The van der Waals surface area contributed by atoms with Gasteiger partial charge in [-0.05, 0) is 46.3 Å². The highest BCUT2D eigenvalue weighted by molar-refractivity contribution is 7.99. The molecule has 0 amide bonds. The number of fused-ring (bicyclic) bond motifs is 1. The zero-order chi connectivity index (χ0) is 23.3. The summed E-state index contributed by atoms with van der Waals surface area (Å²) in [6, 6.07) is 30.8. The average Bonchev–Trinajstić information content (AvgIpc) is 2.88. The zero-order valence-electron chi connectivity index (χ0n) is 18.6. The highest BCUT2D eigenvalue weighted by atomic mass is 35.5. The molecule has 2 N–H and O–H groups in total. The molecular formula is C28H23ClN4S. The molecule has 0 unspecified atom stereocenters. The first kappa shape index (κ1) is 22.3. The van der Waals surface area contributed by atoms with Gasteiger partial charge in [0.1, 0.15) is 11.0 Å². The number of aromatic nitrogens is 2. The Bertz CT molecular complexity index is 1430. The van der Waals surface area contributed by atoms with Gasteiger partial charge in [0.05, 0.1) is 12.2 Å². The zero-order valence-corrected chi connectivity index (χ0v) is 20.2. The second-order valence-electron chi connectivity index (χ2n) is 7.78. The lowest BCUT2D eigenvalue weighted by Gasteiger charge is -2.18. The molecule has 0 aliphatic carbocycles. The third kappa shape index (κ3) is 4.58. The Hall–Kier alpha value is -3.54. The van der Waals surface area contributed by atoms with Gasteiger partial charge in [0.15, 0.2) is 0 Å². The SMILES string of the molecule is CSNc1cccc(-c2c(Cl)nc(NCc3ccccn3)c3c(-c4ccccc4)cccc23)c1. The number of nitrogens with zero attached hydrogens (tertiary/aromatic N) is 2. The smallest absolute Gasteiger partial charge is 0.139 e. The second kappa shape index (κ2) is 10.2. The molecule has 0 fully saturated rings. The number of benzene rings is 3. The van der Waals surface area contributed by atoms with E-state index in [2.05, 4.69) is 69.6 Å². The van der Waals surface area contributed by atoms with Crippen LogP contribution in [0.15, 0.2) is 97.2 Å². The Kier molecular flexibility index (Phi) is 6.65. The minimum absolute atomic E-state index is 0.461. The van der Waals surface area contributed by atoms with Gasteiger partial charge in [-0.15, -0.1) is 0 Å². The normalized spacial score (nSPS) is 10.9. The molecule has 4 nitrogen and oxygen atoms in total. The largest absolute Gasteiger partial charge is 0.364 e. The molecule has 5 aromatic rings. The van der Waals surface area contributed by atoms with E-state index in [0.29, 0.717) is 11.7 Å². The molecular weight excluding hydrogens is 460 g/mol. The van der Waals surface area contributed by atoms with Crippen LogP contribution in [-0.4, -0.2) is 16.2 Å². The van der Waals surface area contributed by atoms with E-state index in [9.17, 15) is 0 Å². The maximum atomic E-state index is 6.86. The van der Waals surface area contributed by atoms with Crippen molar-refractivity contribution in [3.63, 3.8) is 0 Å². The van der Waals surface area contributed by atoms with E-state index in [4.69, 9.17) is 16.6 Å². The Morgan fingerprint density at radius 3 is 2.44 bits per heavy atom. The van der Waals surface area contributed by atoms with E-state index in [1.165, 1.54) is 0 Å². The van der Waals surface area contributed by atoms with Gasteiger partial charge in [0.2, 0.25) is 0 Å². The molecule has 0 aliphatic heterocycles. The molecule has 2 heterocycles. The summed E-state index contributed by atoms with van der Waals surface area (Å²) in [6.07, 6.45) is 3.80. The highest BCUT2D eigenvalue weighted by Gasteiger charge is 2.18. The second-order valence-corrected chi connectivity index (χ2v) is 8.75. The van der Waals surface area contributed by atoms with E-state index < -0.39 is 0 Å². The van der Waals surface area contributed by atoms with Crippen LogP contribution in [0.3, 0.4) is 0 Å². The Morgan fingerprint density at radius 1 is 0.853 bits per heavy atom. The number of nitrogens with one attached hydrogen (secondary N) is 2. The van der Waals surface area contributed by atoms with Crippen LogP contribution in [-0.2, 0) is 6.54 Å². The fourth-order valence-corrected chi connectivity index (χ4v) is 4.79. The molecule has 0 aliphatic rings. The fourth-order valence-electron chi connectivity index (χ4n) is 4.13. The van der Waals surface area contributed by atoms with Gasteiger partial charge in [0, 0.05) is 29.1 Å². The van der Waals surface area contributed by atoms with Crippen molar-refractivity contribution in [3.8, 4) is 22.3 Å². The van der Waals surface area contributed by atoms with Crippen molar-refractivity contribution in [1.29, 1.82) is 0 Å². The first-order chi connectivity index (χ1) is 16.7. The Balaban J connectivity index is 1.72. The van der Waals surface area contributed by atoms with Crippen molar-refractivity contribution in [3.05, 3.63) is 108 Å². The maximum Gasteiger partial charge on any atom is 0.139 e. The summed E-state index contributed by atoms with van der Waals surface area (Å²) in [5.74, 6) is 0.743. The maximum absolute atomic E-state index is 6.86. The Labute approximate surface area is 208 Å². The number of pyridine rings is 2. The summed E-state index contributed by atoms with van der Waals surface area (Å²) in [7, 11) is 0. The average molecular weight is 483 g/mol. The highest BCUT2D eigenvalue weighted by Crippen LogP contribution is 2.42. The van der Waals surface area contributed by atoms with Crippen molar-refractivity contribution >= 4 is 45.8 Å². The molecule has 0 saturated heterocycles. The van der Waals surface area contributed by atoms with Gasteiger partial charge >= 0.3 is 0 Å². The van der Waals surface area contributed by atoms with Crippen molar-refractivity contribution in [2.24, 2.45) is 0 Å². The molecule has 34 heavy (non-hydrogen) atoms. The van der Waals surface area contributed by atoms with Gasteiger partial charge in [-0.1, -0.05) is 90.3 Å². The number of rotatable bonds is 7. The van der Waals surface area contributed by atoms with Crippen molar-refractivity contribution in [2.45, 2.75) is 6.54 Å². The number of anilines is 2. The van der Waals surface area contributed by atoms with Crippen molar-refractivity contribution < 1.29 is 0 Å². The summed E-state index contributed by atoms with van der Waals surface area (Å²) < 4.78 is 3.31. The molecule has 3 aromatic carbocycles. The van der Waals surface area contributed by atoms with E-state index >= 15 is 0 Å². The van der Waals surface area contributed by atoms with Gasteiger partial charge in [0.25, 0.3) is 0 Å². The lowest BCUT2D eigenvalue weighted by Crippen LogP contribution is -2.05. The molecule has 0 atom stereocenters. The third-order valence-corrected chi connectivity index (χ3v) is 6.32. The first-order valence-corrected chi connectivity index (χ1v) is 12.6. The topological polar surface area (TPSA) is 49.8 Å². The molecule has 0 bridgehead atoms. The van der Waals surface area contributed by atoms with Gasteiger partial charge in [-0.3, -0.25) is 4.98 Å². The molecule has 6 heteroatoms. The molecule has 2 aromatic heterocycles. The van der Waals surface area contributed by atoms with Crippen LogP contribution in [0.25, 0.3) is 33.0 Å². The summed E-state index contributed by atoms with van der Waals surface area (Å²) in [4.78, 5) is 9.29. The van der Waals surface area contributed by atoms with Crippen molar-refractivity contribution in [1.82, 2.24) is 9.97 Å².